The minimum absolute atomic E-state index is 0.0309. The van der Waals surface area contributed by atoms with Crippen molar-refractivity contribution in [3.8, 4) is 0 Å². The first-order valence-corrected chi connectivity index (χ1v) is 9.45. The minimum Gasteiger partial charge on any atom is -0.351 e. The van der Waals surface area contributed by atoms with Gasteiger partial charge in [-0.3, -0.25) is 9.10 Å². The molecule has 0 aromatic heterocycles. The van der Waals surface area contributed by atoms with Crippen molar-refractivity contribution >= 4 is 44.8 Å². The number of halogens is 2. The van der Waals surface area contributed by atoms with E-state index in [-0.39, 0.29) is 18.0 Å². The molecule has 0 unspecified atom stereocenters. The Morgan fingerprint density at radius 1 is 1.04 bits per heavy atom. The van der Waals surface area contributed by atoms with Gasteiger partial charge in [0.15, 0.2) is 0 Å². The molecule has 8 heteroatoms. The summed E-state index contributed by atoms with van der Waals surface area (Å²) in [5.74, 6) is -0.451. The molecule has 0 heterocycles. The van der Waals surface area contributed by atoms with E-state index in [1.165, 1.54) is 42.5 Å². The van der Waals surface area contributed by atoms with E-state index in [4.69, 9.17) is 23.2 Å². The van der Waals surface area contributed by atoms with Crippen LogP contribution in [-0.4, -0.2) is 27.4 Å². The fourth-order valence-corrected chi connectivity index (χ4v) is 3.70. The maximum Gasteiger partial charge on any atom is 0.264 e. The Kier molecular flexibility index (Phi) is 6.47. The molecule has 0 aliphatic heterocycles. The van der Waals surface area contributed by atoms with Crippen LogP contribution in [0.15, 0.2) is 66.1 Å². The minimum atomic E-state index is -3.96. The van der Waals surface area contributed by atoms with E-state index in [9.17, 15) is 13.2 Å². The van der Waals surface area contributed by atoms with Crippen LogP contribution in [0.5, 0.6) is 0 Å². The summed E-state index contributed by atoms with van der Waals surface area (Å²) in [5, 5.41) is 3.45. The smallest absolute Gasteiger partial charge is 0.264 e. The van der Waals surface area contributed by atoms with Crippen LogP contribution in [0.2, 0.25) is 10.0 Å². The first-order chi connectivity index (χ1) is 11.8. The Balaban J connectivity index is 2.42. The van der Waals surface area contributed by atoms with Crippen molar-refractivity contribution in [3.63, 3.8) is 0 Å². The summed E-state index contributed by atoms with van der Waals surface area (Å²) in [5.41, 5.74) is 0.327. The van der Waals surface area contributed by atoms with E-state index in [1.807, 2.05) is 0 Å². The number of amides is 1. The summed E-state index contributed by atoms with van der Waals surface area (Å²) in [4.78, 5) is 12.1. The number of hydrogen-bond donors (Lipinski definition) is 1. The van der Waals surface area contributed by atoms with Crippen LogP contribution in [0.4, 0.5) is 5.69 Å². The molecule has 0 bridgehead atoms. The van der Waals surface area contributed by atoms with Crippen LogP contribution < -0.4 is 9.62 Å². The Hall–Kier alpha value is -2.02. The summed E-state index contributed by atoms with van der Waals surface area (Å²) in [6, 6.07) is 11.9. The van der Waals surface area contributed by atoms with Gasteiger partial charge in [0.2, 0.25) is 5.91 Å². The number of nitrogens with one attached hydrogen (secondary N) is 1. The maximum atomic E-state index is 13.0. The van der Waals surface area contributed by atoms with Crippen LogP contribution in [0.1, 0.15) is 0 Å². The Bertz CT molecular complexity index is 850. The maximum absolute atomic E-state index is 13.0. The number of nitrogens with zero attached hydrogens (tertiary/aromatic N) is 1. The number of hydrogen-bond acceptors (Lipinski definition) is 3. The van der Waals surface area contributed by atoms with Crippen LogP contribution in [0.3, 0.4) is 0 Å². The van der Waals surface area contributed by atoms with Gasteiger partial charge < -0.3 is 5.32 Å². The number of anilines is 1. The summed E-state index contributed by atoms with van der Waals surface area (Å²) in [6.45, 7) is 3.38. The molecular weight excluding hydrogens is 383 g/mol. The molecule has 25 heavy (non-hydrogen) atoms. The second kappa shape index (κ2) is 8.38. The van der Waals surface area contributed by atoms with Crippen molar-refractivity contribution in [3.05, 3.63) is 71.2 Å². The monoisotopic (exact) mass is 398 g/mol. The average Bonchev–Trinajstić information content (AvgIpc) is 2.59. The van der Waals surface area contributed by atoms with Gasteiger partial charge in [-0.25, -0.2) is 8.42 Å². The summed E-state index contributed by atoms with van der Waals surface area (Å²) >= 11 is 11.7. The highest BCUT2D eigenvalue weighted by Gasteiger charge is 2.27. The predicted octanol–water partition coefficient (Wildman–Crippen LogP) is 3.49. The van der Waals surface area contributed by atoms with E-state index in [1.54, 1.807) is 12.1 Å². The van der Waals surface area contributed by atoms with Crippen LogP contribution in [0, 0.1) is 0 Å². The van der Waals surface area contributed by atoms with Crippen molar-refractivity contribution in [2.75, 3.05) is 17.4 Å². The first kappa shape index (κ1) is 19.3. The predicted molar refractivity (Wildman–Crippen MR) is 101 cm³/mol. The van der Waals surface area contributed by atoms with E-state index in [2.05, 4.69) is 11.9 Å². The Labute approximate surface area is 156 Å². The molecule has 5 nitrogen and oxygen atoms in total. The van der Waals surface area contributed by atoms with Gasteiger partial charge in [-0.15, -0.1) is 6.58 Å². The van der Waals surface area contributed by atoms with E-state index >= 15 is 0 Å². The second-order valence-electron chi connectivity index (χ2n) is 5.03. The molecule has 1 N–H and O–H groups in total. The number of sulfonamides is 1. The average molecular weight is 399 g/mol. The molecule has 2 rings (SSSR count). The molecule has 0 spiro atoms. The molecule has 0 saturated heterocycles. The van der Waals surface area contributed by atoms with Gasteiger partial charge in [-0.1, -0.05) is 29.3 Å². The SMILES string of the molecule is C=CCNC(=O)CN(c1ccc(Cl)cc1)S(=O)(=O)c1ccc(Cl)cc1. The Morgan fingerprint density at radius 3 is 2.08 bits per heavy atom. The van der Waals surface area contributed by atoms with Gasteiger partial charge in [-0.2, -0.15) is 0 Å². The number of benzene rings is 2. The molecule has 1 amide bonds. The van der Waals surface area contributed by atoms with Gasteiger partial charge in [0.25, 0.3) is 10.0 Å². The zero-order valence-electron chi connectivity index (χ0n) is 13.2. The number of carbonyl (C=O) groups excluding carboxylic acids is 1. The van der Waals surface area contributed by atoms with Gasteiger partial charge in [0.1, 0.15) is 6.54 Å². The van der Waals surface area contributed by atoms with Gasteiger partial charge >= 0.3 is 0 Å². The quantitative estimate of drug-likeness (QED) is 0.725. The van der Waals surface area contributed by atoms with E-state index < -0.39 is 15.9 Å². The lowest BCUT2D eigenvalue weighted by Crippen LogP contribution is -2.40. The van der Waals surface area contributed by atoms with Gasteiger partial charge in [0.05, 0.1) is 10.6 Å². The molecule has 0 fully saturated rings. The first-order valence-electron chi connectivity index (χ1n) is 7.26. The molecule has 0 aliphatic carbocycles. The molecule has 2 aromatic carbocycles. The van der Waals surface area contributed by atoms with E-state index in [0.29, 0.717) is 15.7 Å². The van der Waals surface area contributed by atoms with Crippen molar-refractivity contribution in [2.24, 2.45) is 0 Å². The highest BCUT2D eigenvalue weighted by atomic mass is 35.5. The number of rotatable bonds is 7. The fraction of sp³-hybridized carbons (Fsp3) is 0.118. The fourth-order valence-electron chi connectivity index (χ4n) is 2.03. The molecular formula is C17H16Cl2N2O3S. The normalized spacial score (nSPS) is 11.0. The van der Waals surface area contributed by atoms with E-state index in [0.717, 1.165) is 4.31 Å². The third-order valence-electron chi connectivity index (χ3n) is 3.25. The van der Waals surface area contributed by atoms with Crippen molar-refractivity contribution in [1.82, 2.24) is 5.32 Å². The largest absolute Gasteiger partial charge is 0.351 e. The summed E-state index contributed by atoms with van der Waals surface area (Å²) in [6.07, 6.45) is 1.51. The number of carbonyl (C=O) groups is 1. The third-order valence-corrected chi connectivity index (χ3v) is 5.54. The molecule has 0 atom stereocenters. The molecule has 0 radical (unpaired) electrons. The van der Waals surface area contributed by atoms with Crippen molar-refractivity contribution < 1.29 is 13.2 Å². The highest BCUT2D eigenvalue weighted by Crippen LogP contribution is 2.25. The molecule has 132 valence electrons. The molecule has 0 aliphatic rings. The zero-order valence-corrected chi connectivity index (χ0v) is 15.5. The lowest BCUT2D eigenvalue weighted by Gasteiger charge is -2.24. The molecule has 0 saturated carbocycles. The van der Waals surface area contributed by atoms with Gasteiger partial charge in [0, 0.05) is 16.6 Å². The van der Waals surface area contributed by atoms with Crippen LogP contribution in [0.25, 0.3) is 0 Å². The Morgan fingerprint density at radius 2 is 1.56 bits per heavy atom. The third kappa shape index (κ3) is 4.98. The standard InChI is InChI=1S/C17H16Cl2N2O3S/c1-2-11-20-17(22)12-21(15-7-3-13(18)4-8-15)25(23,24)16-9-5-14(19)6-10-16/h2-10H,1,11-12H2,(H,20,22). The van der Waals surface area contributed by atoms with Gasteiger partial charge in [-0.05, 0) is 48.5 Å². The second-order valence-corrected chi connectivity index (χ2v) is 7.77. The van der Waals surface area contributed by atoms with Crippen molar-refractivity contribution in [1.29, 1.82) is 0 Å². The summed E-state index contributed by atoms with van der Waals surface area (Å²) in [7, 11) is -3.96. The topological polar surface area (TPSA) is 66.5 Å². The highest BCUT2D eigenvalue weighted by molar-refractivity contribution is 7.92. The molecule has 2 aromatic rings. The summed E-state index contributed by atoms with van der Waals surface area (Å²) < 4.78 is 27.0. The van der Waals surface area contributed by atoms with Crippen molar-refractivity contribution in [2.45, 2.75) is 4.90 Å². The zero-order chi connectivity index (χ0) is 18.4. The van der Waals surface area contributed by atoms with Crippen LogP contribution >= 0.6 is 23.2 Å². The lowest BCUT2D eigenvalue weighted by atomic mass is 10.3. The lowest BCUT2D eigenvalue weighted by molar-refractivity contribution is -0.119. The van der Waals surface area contributed by atoms with Crippen LogP contribution in [-0.2, 0) is 14.8 Å².